The van der Waals surface area contributed by atoms with Gasteiger partial charge in [0.25, 0.3) is 0 Å². The lowest BCUT2D eigenvalue weighted by Gasteiger charge is -2.56. The number of ether oxygens (including phenoxy) is 5. The number of hydrogen-bond donors (Lipinski definition) is 2. The zero-order chi connectivity index (χ0) is 17.5. The van der Waals surface area contributed by atoms with Crippen molar-refractivity contribution in [3.05, 3.63) is 0 Å². The predicted octanol–water partition coefficient (Wildman–Crippen LogP) is 0.294. The fraction of sp³-hybridized carbons (Fsp3) is 0.933. The summed E-state index contributed by atoms with van der Waals surface area (Å²) in [6, 6.07) is -0.243. The molecule has 0 saturated carbocycles. The van der Waals surface area contributed by atoms with E-state index in [0.29, 0.717) is 0 Å². The second-order valence-electron chi connectivity index (χ2n) is 6.26. The van der Waals surface area contributed by atoms with Crippen LogP contribution in [0.15, 0.2) is 4.99 Å². The molecule has 7 atom stereocenters. The van der Waals surface area contributed by atoms with E-state index in [1.165, 1.54) is 18.9 Å². The van der Waals surface area contributed by atoms with Crippen LogP contribution in [0.3, 0.4) is 0 Å². The highest BCUT2D eigenvalue weighted by atomic mass is 32.2. The van der Waals surface area contributed by atoms with E-state index in [0.717, 1.165) is 11.7 Å². The summed E-state index contributed by atoms with van der Waals surface area (Å²) in [5, 5.41) is 13.8. The van der Waals surface area contributed by atoms with Crippen LogP contribution < -0.4 is 5.32 Å². The number of thioether (sulfide) groups is 1. The van der Waals surface area contributed by atoms with Crippen molar-refractivity contribution in [1.29, 1.82) is 0 Å². The summed E-state index contributed by atoms with van der Waals surface area (Å²) >= 11 is 1.51. The Bertz CT molecular complexity index is 508. The Labute approximate surface area is 146 Å². The molecular formula is C15H26N2O6S. The first-order chi connectivity index (χ1) is 11.4. The van der Waals surface area contributed by atoms with Crippen molar-refractivity contribution in [2.75, 3.05) is 27.4 Å². The number of nitrogens with zero attached hydrogens (tertiary/aromatic N) is 1. The van der Waals surface area contributed by atoms with Crippen LogP contribution in [0.4, 0.5) is 0 Å². The van der Waals surface area contributed by atoms with Gasteiger partial charge in [-0.25, -0.2) is 0 Å². The third kappa shape index (κ3) is 2.76. The van der Waals surface area contributed by atoms with E-state index in [9.17, 15) is 5.11 Å². The van der Waals surface area contributed by atoms with E-state index in [-0.39, 0.29) is 18.1 Å². The van der Waals surface area contributed by atoms with Gasteiger partial charge in [0.2, 0.25) is 11.6 Å². The van der Waals surface area contributed by atoms with Crippen LogP contribution in [-0.4, -0.2) is 79.0 Å². The molecule has 0 aromatic rings. The Balaban J connectivity index is 1.92. The normalized spacial score (nSPS) is 47.8. The molecule has 2 N–H and O–H groups in total. The van der Waals surface area contributed by atoms with Gasteiger partial charge in [-0.1, -0.05) is 11.8 Å². The maximum atomic E-state index is 9.75. The SMILES string of the molecule is CCNC1=N[C@@H]2[C@H]3OC(C)(OC)C(C)(OC)O[C@@H]3[C@@H](CO)O[C@@H]2S1. The monoisotopic (exact) mass is 362 g/mol. The fourth-order valence-corrected chi connectivity index (χ4v) is 4.45. The van der Waals surface area contributed by atoms with Gasteiger partial charge < -0.3 is 34.1 Å². The summed E-state index contributed by atoms with van der Waals surface area (Å²) < 4.78 is 29.6. The molecule has 0 amide bonds. The molecule has 2 unspecified atom stereocenters. The molecule has 0 aliphatic carbocycles. The van der Waals surface area contributed by atoms with Crippen molar-refractivity contribution < 1.29 is 28.8 Å². The van der Waals surface area contributed by atoms with Gasteiger partial charge >= 0.3 is 0 Å². The number of rotatable bonds is 4. The molecule has 8 nitrogen and oxygen atoms in total. The van der Waals surface area contributed by atoms with Crippen LogP contribution in [-0.2, 0) is 23.7 Å². The first-order valence-electron chi connectivity index (χ1n) is 8.12. The van der Waals surface area contributed by atoms with E-state index in [1.54, 1.807) is 21.0 Å². The van der Waals surface area contributed by atoms with E-state index in [4.69, 9.17) is 23.7 Å². The van der Waals surface area contributed by atoms with E-state index in [1.807, 2.05) is 6.92 Å². The van der Waals surface area contributed by atoms with Crippen LogP contribution in [0, 0.1) is 0 Å². The smallest absolute Gasteiger partial charge is 0.220 e. The van der Waals surface area contributed by atoms with Crippen molar-refractivity contribution in [3.63, 3.8) is 0 Å². The van der Waals surface area contributed by atoms with Crippen molar-refractivity contribution in [1.82, 2.24) is 5.32 Å². The molecule has 3 rings (SSSR count). The van der Waals surface area contributed by atoms with Crippen LogP contribution in [0.25, 0.3) is 0 Å². The first-order valence-corrected chi connectivity index (χ1v) is 9.00. The van der Waals surface area contributed by atoms with Crippen molar-refractivity contribution in [3.8, 4) is 0 Å². The highest BCUT2D eigenvalue weighted by molar-refractivity contribution is 8.14. The Morgan fingerprint density at radius 2 is 1.83 bits per heavy atom. The van der Waals surface area contributed by atoms with E-state index < -0.39 is 29.9 Å². The van der Waals surface area contributed by atoms with Gasteiger partial charge in [-0.15, -0.1) is 0 Å². The molecule has 9 heteroatoms. The Kier molecular flexibility index (Phi) is 5.14. The summed E-state index contributed by atoms with van der Waals surface area (Å²) in [5.74, 6) is -2.24. The average molecular weight is 362 g/mol. The van der Waals surface area contributed by atoms with Crippen molar-refractivity contribution in [2.24, 2.45) is 4.99 Å². The highest BCUT2D eigenvalue weighted by Gasteiger charge is 2.63. The third-order valence-electron chi connectivity index (χ3n) is 4.94. The molecule has 0 aromatic carbocycles. The number of aliphatic hydroxyl groups is 1. The zero-order valence-corrected chi connectivity index (χ0v) is 15.5. The zero-order valence-electron chi connectivity index (χ0n) is 14.6. The van der Waals surface area contributed by atoms with Crippen LogP contribution in [0.1, 0.15) is 20.8 Å². The quantitative estimate of drug-likeness (QED) is 0.738. The van der Waals surface area contributed by atoms with Gasteiger partial charge in [0, 0.05) is 20.8 Å². The number of nitrogens with one attached hydrogen (secondary N) is 1. The third-order valence-corrected chi connectivity index (χ3v) is 6.04. The minimum absolute atomic E-state index is 0.172. The van der Waals surface area contributed by atoms with E-state index >= 15 is 0 Å². The summed E-state index contributed by atoms with van der Waals surface area (Å²) in [4.78, 5) is 4.69. The molecule has 0 bridgehead atoms. The molecule has 24 heavy (non-hydrogen) atoms. The lowest BCUT2D eigenvalue weighted by atomic mass is 9.93. The van der Waals surface area contributed by atoms with Crippen molar-refractivity contribution in [2.45, 2.75) is 62.1 Å². The van der Waals surface area contributed by atoms with Gasteiger partial charge in [0.15, 0.2) is 5.17 Å². The summed E-state index contributed by atoms with van der Waals surface area (Å²) in [6.45, 7) is 6.15. The molecule has 3 aliphatic rings. The molecule has 2 saturated heterocycles. The van der Waals surface area contributed by atoms with Crippen molar-refractivity contribution >= 4 is 16.9 Å². The number of amidine groups is 1. The largest absolute Gasteiger partial charge is 0.394 e. The topological polar surface area (TPSA) is 90.8 Å². The van der Waals surface area contributed by atoms with Crippen LogP contribution in [0.5, 0.6) is 0 Å². The minimum Gasteiger partial charge on any atom is -0.394 e. The number of methoxy groups -OCH3 is 2. The molecule has 2 fully saturated rings. The molecule has 3 aliphatic heterocycles. The molecule has 0 aromatic heterocycles. The average Bonchev–Trinajstić information content (AvgIpc) is 2.98. The standard InChI is InChI=1S/C15H26N2O6S/c1-6-16-13-17-9-11-10(8(7-18)21-12(9)24-13)22-14(2,19-4)15(3,20-5)23-11/h8-12,18H,6-7H2,1-5H3,(H,16,17)/t8-,9-,10-,11-,12-,14?,15?/m1/s1. The Morgan fingerprint density at radius 1 is 1.21 bits per heavy atom. The lowest BCUT2D eigenvalue weighted by molar-refractivity contribution is -0.463. The second kappa shape index (κ2) is 6.71. The molecule has 0 spiro atoms. The number of fused-ring (bicyclic) bond motifs is 3. The molecular weight excluding hydrogens is 336 g/mol. The van der Waals surface area contributed by atoms with Gasteiger partial charge in [0.05, 0.1) is 6.61 Å². The minimum atomic E-state index is -1.13. The summed E-state index contributed by atoms with van der Waals surface area (Å²) in [7, 11) is 3.09. The molecule has 3 heterocycles. The molecule has 138 valence electrons. The maximum absolute atomic E-state index is 9.75. The van der Waals surface area contributed by atoms with Gasteiger partial charge in [-0.2, -0.15) is 0 Å². The second-order valence-corrected chi connectivity index (χ2v) is 7.35. The maximum Gasteiger partial charge on any atom is 0.220 e. The first kappa shape index (κ1) is 18.4. The Morgan fingerprint density at radius 3 is 2.38 bits per heavy atom. The molecule has 0 radical (unpaired) electrons. The van der Waals surface area contributed by atoms with Crippen LogP contribution >= 0.6 is 11.8 Å². The lowest BCUT2D eigenvalue weighted by Crippen LogP contribution is -2.72. The van der Waals surface area contributed by atoms with Gasteiger partial charge in [-0.05, 0) is 20.8 Å². The highest BCUT2D eigenvalue weighted by Crippen LogP contribution is 2.47. The predicted molar refractivity (Wildman–Crippen MR) is 88.8 cm³/mol. The fourth-order valence-electron chi connectivity index (χ4n) is 3.26. The number of aliphatic hydroxyl groups excluding tert-OH is 1. The van der Waals surface area contributed by atoms with Gasteiger partial charge in [-0.3, -0.25) is 4.99 Å². The summed E-state index contributed by atoms with van der Waals surface area (Å²) in [5.41, 5.74) is -0.228. The van der Waals surface area contributed by atoms with E-state index in [2.05, 4.69) is 10.3 Å². The summed E-state index contributed by atoms with van der Waals surface area (Å²) in [6.07, 6.45) is -1.43. The van der Waals surface area contributed by atoms with Gasteiger partial charge in [0.1, 0.15) is 29.8 Å². The number of hydrogen-bond acceptors (Lipinski definition) is 9. The van der Waals surface area contributed by atoms with Crippen LogP contribution in [0.2, 0.25) is 0 Å². The Hall–Kier alpha value is -0.420. The number of aliphatic imine (C=N–C) groups is 1.